The number of aryl methyl sites for hydroxylation is 1. The molecule has 0 saturated carbocycles. The summed E-state index contributed by atoms with van der Waals surface area (Å²) in [6.45, 7) is 4.87. The lowest BCUT2D eigenvalue weighted by Gasteiger charge is -2.21. The van der Waals surface area contributed by atoms with Crippen molar-refractivity contribution in [3.05, 3.63) is 65.4 Å². The van der Waals surface area contributed by atoms with E-state index in [1.807, 2.05) is 30.0 Å². The molecule has 0 atom stereocenters. The number of carbonyl (C=O) groups is 3. The number of benzene rings is 2. The van der Waals surface area contributed by atoms with Gasteiger partial charge in [-0.15, -0.1) is 0 Å². The van der Waals surface area contributed by atoms with Gasteiger partial charge in [-0.3, -0.25) is 14.4 Å². The molecule has 6 heteroatoms. The molecule has 29 heavy (non-hydrogen) atoms. The molecule has 0 bridgehead atoms. The van der Waals surface area contributed by atoms with E-state index in [4.69, 9.17) is 0 Å². The van der Waals surface area contributed by atoms with E-state index < -0.39 is 0 Å². The molecule has 0 aliphatic carbocycles. The van der Waals surface area contributed by atoms with Crippen molar-refractivity contribution in [2.24, 2.45) is 0 Å². The van der Waals surface area contributed by atoms with Crippen LogP contribution >= 0.6 is 0 Å². The molecule has 0 aromatic heterocycles. The molecule has 1 N–H and O–H groups in total. The SMILES string of the molecule is CC(=O)Nc1ccc(C2=C(N3CCCC3)C(=O)N(c3ccccc3C)C2=O)cc1. The van der Waals surface area contributed by atoms with Gasteiger partial charge in [-0.05, 0) is 49.1 Å². The van der Waals surface area contributed by atoms with Crippen LogP contribution in [0.2, 0.25) is 0 Å². The van der Waals surface area contributed by atoms with Gasteiger partial charge in [-0.1, -0.05) is 30.3 Å². The highest BCUT2D eigenvalue weighted by atomic mass is 16.2. The van der Waals surface area contributed by atoms with Crippen molar-refractivity contribution in [1.29, 1.82) is 0 Å². The average molecular weight is 389 g/mol. The standard InChI is InChI=1S/C23H23N3O3/c1-15-7-3-4-8-19(15)26-22(28)20(21(23(26)29)25-13-5-6-14-25)17-9-11-18(12-10-17)24-16(2)27/h3-4,7-12H,5-6,13-14H2,1-2H3,(H,24,27). The highest BCUT2D eigenvalue weighted by molar-refractivity contribution is 6.45. The predicted octanol–water partition coefficient (Wildman–Crippen LogP) is 3.33. The Hall–Kier alpha value is -3.41. The maximum absolute atomic E-state index is 13.4. The van der Waals surface area contributed by atoms with E-state index in [1.54, 1.807) is 30.3 Å². The van der Waals surface area contributed by atoms with Gasteiger partial charge in [0.2, 0.25) is 5.91 Å². The van der Waals surface area contributed by atoms with Gasteiger partial charge in [0.05, 0.1) is 11.3 Å². The number of nitrogens with one attached hydrogen (secondary N) is 1. The topological polar surface area (TPSA) is 69.7 Å². The van der Waals surface area contributed by atoms with E-state index >= 15 is 0 Å². The minimum Gasteiger partial charge on any atom is -0.366 e. The first-order valence-corrected chi connectivity index (χ1v) is 9.79. The van der Waals surface area contributed by atoms with Gasteiger partial charge < -0.3 is 10.2 Å². The van der Waals surface area contributed by atoms with E-state index in [9.17, 15) is 14.4 Å². The normalized spacial score (nSPS) is 16.8. The Bertz CT molecular complexity index is 1020. The molecule has 2 aliphatic heterocycles. The number of nitrogens with zero attached hydrogens (tertiary/aromatic N) is 2. The lowest BCUT2D eigenvalue weighted by Crippen LogP contribution is -2.34. The summed E-state index contributed by atoms with van der Waals surface area (Å²) < 4.78 is 0. The van der Waals surface area contributed by atoms with Crippen molar-refractivity contribution < 1.29 is 14.4 Å². The van der Waals surface area contributed by atoms with Crippen LogP contribution in [0, 0.1) is 6.92 Å². The summed E-state index contributed by atoms with van der Waals surface area (Å²) in [6, 6.07) is 14.5. The number of imide groups is 1. The van der Waals surface area contributed by atoms with E-state index in [0.29, 0.717) is 28.2 Å². The number of anilines is 2. The van der Waals surface area contributed by atoms with Crippen molar-refractivity contribution in [3.8, 4) is 0 Å². The summed E-state index contributed by atoms with van der Waals surface area (Å²) in [4.78, 5) is 41.4. The maximum Gasteiger partial charge on any atom is 0.282 e. The third-order valence-corrected chi connectivity index (χ3v) is 5.33. The lowest BCUT2D eigenvalue weighted by atomic mass is 10.0. The van der Waals surface area contributed by atoms with Crippen molar-refractivity contribution >= 4 is 34.7 Å². The Labute approximate surface area is 169 Å². The molecule has 148 valence electrons. The molecule has 3 amide bonds. The van der Waals surface area contributed by atoms with Gasteiger partial charge >= 0.3 is 0 Å². The Kier molecular flexibility index (Phi) is 4.92. The Balaban J connectivity index is 1.79. The summed E-state index contributed by atoms with van der Waals surface area (Å²) in [5.74, 6) is -0.738. The lowest BCUT2D eigenvalue weighted by molar-refractivity contribution is -0.120. The monoisotopic (exact) mass is 389 g/mol. The second-order valence-electron chi connectivity index (χ2n) is 7.41. The molecule has 2 heterocycles. The zero-order valence-electron chi connectivity index (χ0n) is 16.6. The summed E-state index contributed by atoms with van der Waals surface area (Å²) in [6.07, 6.45) is 2.01. The number of likely N-dealkylation sites (tertiary alicyclic amines) is 1. The van der Waals surface area contributed by atoms with Gasteiger partial charge in [0.1, 0.15) is 5.70 Å². The fraction of sp³-hybridized carbons (Fsp3) is 0.261. The number of carbonyl (C=O) groups excluding carboxylic acids is 3. The molecule has 0 spiro atoms. The zero-order chi connectivity index (χ0) is 20.5. The third kappa shape index (κ3) is 3.42. The number of rotatable bonds is 4. The van der Waals surface area contributed by atoms with E-state index in [2.05, 4.69) is 5.32 Å². The Morgan fingerprint density at radius 2 is 1.59 bits per heavy atom. The minimum absolute atomic E-state index is 0.160. The molecule has 0 radical (unpaired) electrons. The maximum atomic E-state index is 13.4. The first kappa shape index (κ1) is 18.9. The molecule has 0 unspecified atom stereocenters. The highest BCUT2D eigenvalue weighted by Gasteiger charge is 2.43. The molecule has 2 aliphatic rings. The molecule has 1 fully saturated rings. The zero-order valence-corrected chi connectivity index (χ0v) is 16.6. The van der Waals surface area contributed by atoms with Crippen molar-refractivity contribution in [3.63, 3.8) is 0 Å². The first-order valence-electron chi connectivity index (χ1n) is 9.79. The Morgan fingerprint density at radius 1 is 0.931 bits per heavy atom. The van der Waals surface area contributed by atoms with Gasteiger partial charge in [0, 0.05) is 25.7 Å². The Morgan fingerprint density at radius 3 is 2.21 bits per heavy atom. The van der Waals surface area contributed by atoms with Crippen LogP contribution in [0.4, 0.5) is 11.4 Å². The average Bonchev–Trinajstić information content (AvgIpc) is 3.29. The molecule has 4 rings (SSSR count). The summed E-state index contributed by atoms with van der Waals surface area (Å²) in [7, 11) is 0. The second-order valence-corrected chi connectivity index (χ2v) is 7.41. The van der Waals surface area contributed by atoms with Crippen LogP contribution in [0.1, 0.15) is 30.9 Å². The number of para-hydroxylation sites is 1. The van der Waals surface area contributed by atoms with Crippen LogP contribution in [-0.4, -0.2) is 35.7 Å². The van der Waals surface area contributed by atoms with E-state index in [-0.39, 0.29) is 17.7 Å². The van der Waals surface area contributed by atoms with Gasteiger partial charge in [0.15, 0.2) is 0 Å². The number of hydrogen-bond acceptors (Lipinski definition) is 4. The quantitative estimate of drug-likeness (QED) is 0.815. The minimum atomic E-state index is -0.307. The van der Waals surface area contributed by atoms with Crippen LogP contribution < -0.4 is 10.2 Å². The second kappa shape index (κ2) is 7.54. The number of hydrogen-bond donors (Lipinski definition) is 1. The van der Waals surface area contributed by atoms with Gasteiger partial charge in [-0.2, -0.15) is 0 Å². The fourth-order valence-corrected chi connectivity index (χ4v) is 3.97. The molecule has 6 nitrogen and oxygen atoms in total. The van der Waals surface area contributed by atoms with Gasteiger partial charge in [-0.25, -0.2) is 4.90 Å². The van der Waals surface area contributed by atoms with Crippen LogP contribution in [0.15, 0.2) is 54.2 Å². The highest BCUT2D eigenvalue weighted by Crippen LogP contribution is 2.37. The van der Waals surface area contributed by atoms with Crippen molar-refractivity contribution in [2.75, 3.05) is 23.3 Å². The molecule has 1 saturated heterocycles. The van der Waals surface area contributed by atoms with E-state index in [1.165, 1.54) is 11.8 Å². The summed E-state index contributed by atoms with van der Waals surface area (Å²) in [5.41, 5.74) is 3.71. The molecular weight excluding hydrogens is 366 g/mol. The van der Waals surface area contributed by atoms with Crippen LogP contribution in [-0.2, 0) is 14.4 Å². The van der Waals surface area contributed by atoms with E-state index in [0.717, 1.165) is 31.5 Å². The van der Waals surface area contributed by atoms with Crippen molar-refractivity contribution in [1.82, 2.24) is 4.90 Å². The predicted molar refractivity (Wildman–Crippen MR) is 112 cm³/mol. The summed E-state index contributed by atoms with van der Waals surface area (Å²) >= 11 is 0. The van der Waals surface area contributed by atoms with Crippen molar-refractivity contribution in [2.45, 2.75) is 26.7 Å². The molecule has 2 aromatic carbocycles. The van der Waals surface area contributed by atoms with Crippen LogP contribution in [0.5, 0.6) is 0 Å². The smallest absolute Gasteiger partial charge is 0.282 e. The van der Waals surface area contributed by atoms with Crippen LogP contribution in [0.25, 0.3) is 5.57 Å². The molecule has 2 aromatic rings. The largest absolute Gasteiger partial charge is 0.366 e. The van der Waals surface area contributed by atoms with Crippen LogP contribution in [0.3, 0.4) is 0 Å². The molecular formula is C23H23N3O3. The summed E-state index contributed by atoms with van der Waals surface area (Å²) in [5, 5.41) is 2.72. The third-order valence-electron chi connectivity index (χ3n) is 5.33. The number of amides is 3. The van der Waals surface area contributed by atoms with Gasteiger partial charge in [0.25, 0.3) is 11.8 Å². The fourth-order valence-electron chi connectivity index (χ4n) is 3.97. The first-order chi connectivity index (χ1) is 14.0.